The van der Waals surface area contributed by atoms with E-state index < -0.39 is 0 Å². The Labute approximate surface area is 163 Å². The SMILES string of the molecule is Cc1ccc(N2CCN(C(=S)CCC(C)(C)c3ccccc3)CC2)cc1. The number of thiocarbonyl (C=S) groups is 1. The second-order valence-corrected chi connectivity index (χ2v) is 8.42. The van der Waals surface area contributed by atoms with E-state index in [0.29, 0.717) is 0 Å². The van der Waals surface area contributed by atoms with Crippen molar-refractivity contribution in [3.8, 4) is 0 Å². The number of rotatable bonds is 5. The molecule has 1 aliphatic rings. The van der Waals surface area contributed by atoms with Crippen molar-refractivity contribution in [1.82, 2.24) is 4.90 Å². The van der Waals surface area contributed by atoms with Gasteiger partial charge in [0.15, 0.2) is 0 Å². The molecular weight excluding hydrogens is 336 g/mol. The van der Waals surface area contributed by atoms with Crippen molar-refractivity contribution in [3.63, 3.8) is 0 Å². The van der Waals surface area contributed by atoms with Gasteiger partial charge in [-0.2, -0.15) is 0 Å². The van der Waals surface area contributed by atoms with Gasteiger partial charge in [0.2, 0.25) is 0 Å². The van der Waals surface area contributed by atoms with E-state index in [9.17, 15) is 0 Å². The standard InChI is InChI=1S/C23H30N2S/c1-19-9-11-21(12-10-19)24-15-17-25(18-16-24)22(26)13-14-23(2,3)20-7-5-4-6-8-20/h4-12H,13-18H2,1-3H3. The number of aryl methyl sites for hydroxylation is 1. The summed E-state index contributed by atoms with van der Waals surface area (Å²) >= 11 is 5.77. The zero-order valence-electron chi connectivity index (χ0n) is 16.2. The van der Waals surface area contributed by atoms with Crippen molar-refractivity contribution in [3.05, 3.63) is 65.7 Å². The molecule has 3 heteroatoms. The highest BCUT2D eigenvalue weighted by Gasteiger charge is 2.23. The van der Waals surface area contributed by atoms with Crippen LogP contribution in [-0.4, -0.2) is 36.1 Å². The van der Waals surface area contributed by atoms with E-state index in [1.54, 1.807) is 0 Å². The van der Waals surface area contributed by atoms with Gasteiger partial charge in [0.05, 0.1) is 4.99 Å². The molecule has 1 saturated heterocycles. The van der Waals surface area contributed by atoms with Crippen molar-refractivity contribution in [2.24, 2.45) is 0 Å². The van der Waals surface area contributed by atoms with E-state index in [4.69, 9.17) is 12.2 Å². The molecule has 1 fully saturated rings. The largest absolute Gasteiger partial charge is 0.368 e. The third-order valence-corrected chi connectivity index (χ3v) is 6.01. The summed E-state index contributed by atoms with van der Waals surface area (Å²) in [5.74, 6) is 0. The molecule has 2 nitrogen and oxygen atoms in total. The fraction of sp³-hybridized carbons (Fsp3) is 0.435. The molecule has 0 atom stereocenters. The minimum atomic E-state index is 0.162. The lowest BCUT2D eigenvalue weighted by molar-refractivity contribution is 0.378. The molecule has 26 heavy (non-hydrogen) atoms. The van der Waals surface area contributed by atoms with Gasteiger partial charge in [0, 0.05) is 31.9 Å². The summed E-state index contributed by atoms with van der Waals surface area (Å²) in [6, 6.07) is 19.6. The van der Waals surface area contributed by atoms with Crippen molar-refractivity contribution < 1.29 is 0 Å². The highest BCUT2D eigenvalue weighted by Crippen LogP contribution is 2.29. The van der Waals surface area contributed by atoms with Crippen molar-refractivity contribution in [2.45, 2.75) is 39.0 Å². The quantitative estimate of drug-likeness (QED) is 0.671. The van der Waals surface area contributed by atoms with Crippen LogP contribution in [0.15, 0.2) is 54.6 Å². The smallest absolute Gasteiger partial charge is 0.0780 e. The zero-order chi connectivity index (χ0) is 18.6. The second kappa shape index (κ2) is 8.22. The Kier molecular flexibility index (Phi) is 5.98. The fourth-order valence-corrected chi connectivity index (χ4v) is 3.87. The van der Waals surface area contributed by atoms with E-state index in [1.165, 1.54) is 16.8 Å². The first-order chi connectivity index (χ1) is 12.5. The van der Waals surface area contributed by atoms with Crippen LogP contribution in [0.2, 0.25) is 0 Å². The van der Waals surface area contributed by atoms with Crippen LogP contribution in [0.3, 0.4) is 0 Å². The lowest BCUT2D eigenvalue weighted by atomic mass is 9.80. The number of nitrogens with zero attached hydrogens (tertiary/aromatic N) is 2. The maximum Gasteiger partial charge on any atom is 0.0780 e. The maximum atomic E-state index is 5.77. The molecule has 0 spiro atoms. The molecular formula is C23H30N2S. The molecule has 0 N–H and O–H groups in total. The number of benzene rings is 2. The highest BCUT2D eigenvalue weighted by molar-refractivity contribution is 7.80. The minimum absolute atomic E-state index is 0.162. The van der Waals surface area contributed by atoms with Crippen molar-refractivity contribution in [1.29, 1.82) is 0 Å². The second-order valence-electron chi connectivity index (χ2n) is 7.95. The average Bonchev–Trinajstić information content (AvgIpc) is 2.68. The Bertz CT molecular complexity index is 714. The van der Waals surface area contributed by atoms with Gasteiger partial charge in [-0.3, -0.25) is 0 Å². The molecule has 0 amide bonds. The topological polar surface area (TPSA) is 6.48 Å². The van der Waals surface area contributed by atoms with Gasteiger partial charge in [-0.25, -0.2) is 0 Å². The fourth-order valence-electron chi connectivity index (χ4n) is 3.58. The molecule has 0 unspecified atom stereocenters. The van der Waals surface area contributed by atoms with Gasteiger partial charge >= 0.3 is 0 Å². The van der Waals surface area contributed by atoms with Crippen LogP contribution >= 0.6 is 12.2 Å². The third-order valence-electron chi connectivity index (χ3n) is 5.55. The van der Waals surface area contributed by atoms with Crippen LogP contribution in [0.1, 0.15) is 37.8 Å². The summed E-state index contributed by atoms with van der Waals surface area (Å²) in [5.41, 5.74) is 4.20. The third kappa shape index (κ3) is 4.64. The van der Waals surface area contributed by atoms with E-state index in [-0.39, 0.29) is 5.41 Å². The first-order valence-corrected chi connectivity index (χ1v) is 10.0. The normalized spacial score (nSPS) is 15.2. The molecule has 0 aliphatic carbocycles. The zero-order valence-corrected chi connectivity index (χ0v) is 17.1. The van der Waals surface area contributed by atoms with E-state index in [1.807, 2.05) is 0 Å². The van der Waals surface area contributed by atoms with Crippen LogP contribution in [0.4, 0.5) is 5.69 Å². The van der Waals surface area contributed by atoms with Crippen molar-refractivity contribution in [2.75, 3.05) is 31.1 Å². The molecule has 2 aromatic carbocycles. The van der Waals surface area contributed by atoms with Crippen LogP contribution in [0.25, 0.3) is 0 Å². The van der Waals surface area contributed by atoms with Gasteiger partial charge in [0.1, 0.15) is 0 Å². The predicted molar refractivity (Wildman–Crippen MR) is 116 cm³/mol. The minimum Gasteiger partial charge on any atom is -0.368 e. The van der Waals surface area contributed by atoms with Crippen LogP contribution in [0.5, 0.6) is 0 Å². The molecule has 3 rings (SSSR count). The highest BCUT2D eigenvalue weighted by atomic mass is 32.1. The number of anilines is 1. The number of hydrogen-bond donors (Lipinski definition) is 0. The van der Waals surface area contributed by atoms with Gasteiger partial charge in [-0.15, -0.1) is 0 Å². The van der Waals surface area contributed by atoms with E-state index in [0.717, 1.165) is 44.0 Å². The molecule has 1 aliphatic heterocycles. The number of piperazine rings is 1. The summed E-state index contributed by atoms with van der Waals surface area (Å²) in [7, 11) is 0. The van der Waals surface area contributed by atoms with E-state index in [2.05, 4.69) is 85.2 Å². The Morgan fingerprint density at radius 3 is 2.15 bits per heavy atom. The Hall–Kier alpha value is -1.87. The molecule has 0 aromatic heterocycles. The summed E-state index contributed by atoms with van der Waals surface area (Å²) in [5, 5.41) is 0. The Morgan fingerprint density at radius 2 is 1.54 bits per heavy atom. The average molecular weight is 367 g/mol. The summed E-state index contributed by atoms with van der Waals surface area (Å²) < 4.78 is 0. The molecule has 138 valence electrons. The molecule has 0 saturated carbocycles. The van der Waals surface area contributed by atoms with Gasteiger partial charge < -0.3 is 9.80 Å². The first-order valence-electron chi connectivity index (χ1n) is 9.61. The molecule has 0 bridgehead atoms. The van der Waals surface area contributed by atoms with Gasteiger partial charge in [0.25, 0.3) is 0 Å². The lowest BCUT2D eigenvalue weighted by Gasteiger charge is -2.38. The van der Waals surface area contributed by atoms with E-state index >= 15 is 0 Å². The summed E-state index contributed by atoms with van der Waals surface area (Å²) in [6.07, 6.45) is 2.08. The lowest BCUT2D eigenvalue weighted by Crippen LogP contribution is -2.48. The van der Waals surface area contributed by atoms with Gasteiger partial charge in [-0.05, 0) is 42.9 Å². The van der Waals surface area contributed by atoms with Crippen LogP contribution in [0, 0.1) is 6.92 Å². The van der Waals surface area contributed by atoms with Gasteiger partial charge in [-0.1, -0.05) is 74.1 Å². The first kappa shape index (κ1) is 18.9. The summed E-state index contributed by atoms with van der Waals surface area (Å²) in [4.78, 5) is 5.99. The summed E-state index contributed by atoms with van der Waals surface area (Å²) in [6.45, 7) is 10.9. The molecule has 2 aromatic rings. The molecule has 1 heterocycles. The van der Waals surface area contributed by atoms with Crippen molar-refractivity contribution >= 4 is 22.9 Å². The van der Waals surface area contributed by atoms with Crippen LogP contribution < -0.4 is 4.90 Å². The van der Waals surface area contributed by atoms with Crippen LogP contribution in [-0.2, 0) is 5.41 Å². The number of hydrogen-bond acceptors (Lipinski definition) is 2. The molecule has 0 radical (unpaired) electrons. The maximum absolute atomic E-state index is 5.77. The Balaban J connectivity index is 1.50. The predicted octanol–water partition coefficient (Wildman–Crippen LogP) is 5.20. The monoisotopic (exact) mass is 366 g/mol. The Morgan fingerprint density at radius 1 is 0.923 bits per heavy atom.